The number of aliphatic hydroxyl groups excluding tert-OH is 1. The zero-order chi connectivity index (χ0) is 21.9. The molecule has 2 rings (SSSR count). The van der Waals surface area contributed by atoms with Gasteiger partial charge in [0.15, 0.2) is 0 Å². The Morgan fingerprint density at radius 3 is 2.33 bits per heavy atom. The van der Waals surface area contributed by atoms with Gasteiger partial charge in [0.05, 0.1) is 18.2 Å². The Morgan fingerprint density at radius 1 is 1.03 bits per heavy atom. The molecular weight excluding hydrogens is 388 g/mol. The van der Waals surface area contributed by atoms with Crippen molar-refractivity contribution in [2.45, 2.75) is 25.1 Å². The summed E-state index contributed by atoms with van der Waals surface area (Å²) in [7, 11) is 0. The lowest BCUT2D eigenvalue weighted by atomic mass is 10.0. The van der Waals surface area contributed by atoms with Crippen LogP contribution in [0.4, 0.5) is 4.79 Å². The summed E-state index contributed by atoms with van der Waals surface area (Å²) in [5.74, 6) is -1.63. The number of nitrogens with zero attached hydrogens (tertiary/aromatic N) is 1. The van der Waals surface area contributed by atoms with Crippen LogP contribution in [-0.4, -0.2) is 41.7 Å². The molecule has 0 bridgehead atoms. The highest BCUT2D eigenvalue weighted by Crippen LogP contribution is 2.10. The van der Waals surface area contributed by atoms with E-state index in [0.29, 0.717) is 11.1 Å². The third kappa shape index (κ3) is 6.61. The smallest absolute Gasteiger partial charge is 0.408 e. The molecule has 156 valence electrons. The van der Waals surface area contributed by atoms with Gasteiger partial charge in [0, 0.05) is 6.42 Å². The van der Waals surface area contributed by atoms with Gasteiger partial charge in [0.2, 0.25) is 11.8 Å². The molecule has 0 fully saturated rings. The Kier molecular flexibility index (Phi) is 8.35. The Hall–Kier alpha value is -3.90. The Bertz CT molecular complexity index is 926. The number of rotatable bonds is 9. The predicted molar refractivity (Wildman–Crippen MR) is 107 cm³/mol. The highest BCUT2D eigenvalue weighted by molar-refractivity contribution is 5.91. The Labute approximate surface area is 173 Å². The van der Waals surface area contributed by atoms with Gasteiger partial charge in [0.25, 0.3) is 0 Å². The maximum atomic E-state index is 12.4. The summed E-state index contributed by atoms with van der Waals surface area (Å²) in [6.07, 6.45) is -0.917. The zero-order valence-corrected chi connectivity index (χ0v) is 16.1. The number of nitrogens with two attached hydrogens (primary N) is 1. The van der Waals surface area contributed by atoms with E-state index in [2.05, 4.69) is 10.6 Å². The molecule has 0 aliphatic heterocycles. The van der Waals surface area contributed by atoms with Gasteiger partial charge >= 0.3 is 6.09 Å². The van der Waals surface area contributed by atoms with Gasteiger partial charge in [-0.3, -0.25) is 9.59 Å². The molecule has 9 heteroatoms. The SMILES string of the molecule is N#Cc1ccccc1C[C@H](NC(=O)[C@H](CO)NC(=O)OCc1ccccc1)C(N)=O. The van der Waals surface area contributed by atoms with Gasteiger partial charge in [-0.15, -0.1) is 0 Å². The zero-order valence-electron chi connectivity index (χ0n) is 16.1. The summed E-state index contributed by atoms with van der Waals surface area (Å²) in [5, 5.41) is 23.3. The second-order valence-electron chi connectivity index (χ2n) is 6.38. The van der Waals surface area contributed by atoms with Crippen LogP contribution in [0.3, 0.4) is 0 Å². The predicted octanol–water partition coefficient (Wildman–Crippen LogP) is 0.358. The minimum absolute atomic E-state index is 0.0125. The highest BCUT2D eigenvalue weighted by Gasteiger charge is 2.26. The van der Waals surface area contributed by atoms with Crippen molar-refractivity contribution >= 4 is 17.9 Å². The number of nitrogens with one attached hydrogen (secondary N) is 2. The lowest BCUT2D eigenvalue weighted by molar-refractivity contribution is -0.129. The van der Waals surface area contributed by atoms with Gasteiger partial charge in [-0.05, 0) is 17.2 Å². The van der Waals surface area contributed by atoms with E-state index in [4.69, 9.17) is 15.7 Å². The molecule has 0 aliphatic carbocycles. The van der Waals surface area contributed by atoms with Gasteiger partial charge in [-0.2, -0.15) is 5.26 Å². The van der Waals surface area contributed by atoms with Crippen molar-refractivity contribution in [1.82, 2.24) is 10.6 Å². The van der Waals surface area contributed by atoms with Crippen LogP contribution in [0.2, 0.25) is 0 Å². The summed E-state index contributed by atoms with van der Waals surface area (Å²) in [5.41, 5.74) is 6.99. The normalized spacial score (nSPS) is 12.1. The van der Waals surface area contributed by atoms with Gasteiger partial charge < -0.3 is 26.2 Å². The fraction of sp³-hybridized carbons (Fsp3) is 0.238. The second kappa shape index (κ2) is 11.2. The Balaban J connectivity index is 1.96. The van der Waals surface area contributed by atoms with E-state index in [1.165, 1.54) is 0 Å². The minimum Gasteiger partial charge on any atom is -0.445 e. The number of hydrogen-bond donors (Lipinski definition) is 4. The van der Waals surface area contributed by atoms with Crippen molar-refractivity contribution in [1.29, 1.82) is 5.26 Å². The molecule has 5 N–H and O–H groups in total. The molecule has 2 atom stereocenters. The standard InChI is InChI=1S/C21H22N4O5/c22-11-16-9-5-4-8-15(16)10-17(19(23)27)24-20(28)18(12-26)25-21(29)30-13-14-6-2-1-3-7-14/h1-9,17-18,26H,10,12-13H2,(H2,23,27)(H,24,28)(H,25,29)/t17-,18-/m0/s1. The molecule has 0 saturated heterocycles. The fourth-order valence-corrected chi connectivity index (χ4v) is 2.62. The van der Waals surface area contributed by atoms with E-state index in [9.17, 15) is 19.5 Å². The lowest BCUT2D eigenvalue weighted by Crippen LogP contribution is -2.55. The van der Waals surface area contributed by atoms with Crippen LogP contribution in [0.1, 0.15) is 16.7 Å². The van der Waals surface area contributed by atoms with Gasteiger partial charge in [-0.25, -0.2) is 4.79 Å². The average molecular weight is 410 g/mol. The number of benzene rings is 2. The van der Waals surface area contributed by atoms with E-state index in [-0.39, 0.29) is 13.0 Å². The van der Waals surface area contributed by atoms with E-state index in [1.807, 2.05) is 12.1 Å². The van der Waals surface area contributed by atoms with Gasteiger partial charge in [-0.1, -0.05) is 48.5 Å². The summed E-state index contributed by atoms with van der Waals surface area (Å²) < 4.78 is 5.02. The topological polar surface area (TPSA) is 155 Å². The van der Waals surface area contributed by atoms with Crippen LogP contribution >= 0.6 is 0 Å². The third-order valence-electron chi connectivity index (χ3n) is 4.23. The number of amides is 3. The van der Waals surface area contributed by atoms with E-state index >= 15 is 0 Å². The number of primary amides is 1. The van der Waals surface area contributed by atoms with Crippen molar-refractivity contribution in [3.63, 3.8) is 0 Å². The van der Waals surface area contributed by atoms with Crippen LogP contribution in [0, 0.1) is 11.3 Å². The molecule has 2 aromatic rings. The monoisotopic (exact) mass is 410 g/mol. The molecule has 30 heavy (non-hydrogen) atoms. The molecule has 9 nitrogen and oxygen atoms in total. The average Bonchev–Trinajstić information content (AvgIpc) is 2.76. The lowest BCUT2D eigenvalue weighted by Gasteiger charge is -2.21. The van der Waals surface area contributed by atoms with Crippen LogP contribution in [0.5, 0.6) is 0 Å². The minimum atomic E-state index is -1.35. The van der Waals surface area contributed by atoms with Crippen LogP contribution in [-0.2, 0) is 27.4 Å². The summed E-state index contributed by atoms with van der Waals surface area (Å²) in [6, 6.07) is 15.0. The van der Waals surface area contributed by atoms with Crippen LogP contribution in [0.25, 0.3) is 0 Å². The molecule has 0 aliphatic rings. The maximum Gasteiger partial charge on any atom is 0.408 e. The molecular formula is C21H22N4O5. The summed E-state index contributed by atoms with van der Waals surface area (Å²) in [4.78, 5) is 36.1. The third-order valence-corrected chi connectivity index (χ3v) is 4.23. The fourth-order valence-electron chi connectivity index (χ4n) is 2.62. The Morgan fingerprint density at radius 2 is 1.70 bits per heavy atom. The van der Waals surface area contributed by atoms with Crippen molar-refractivity contribution < 1.29 is 24.2 Å². The molecule has 0 radical (unpaired) electrons. The van der Waals surface area contributed by atoms with E-state index < -0.39 is 36.6 Å². The number of nitriles is 1. The van der Waals surface area contributed by atoms with Crippen molar-refractivity contribution in [3.05, 3.63) is 71.3 Å². The number of carbonyl (C=O) groups excluding carboxylic acids is 3. The largest absolute Gasteiger partial charge is 0.445 e. The molecule has 0 spiro atoms. The van der Waals surface area contributed by atoms with Crippen molar-refractivity contribution in [2.75, 3.05) is 6.61 Å². The second-order valence-corrected chi connectivity index (χ2v) is 6.38. The van der Waals surface area contributed by atoms with Crippen LogP contribution < -0.4 is 16.4 Å². The molecule has 3 amide bonds. The molecule has 0 saturated carbocycles. The van der Waals surface area contributed by atoms with Crippen molar-refractivity contribution in [3.8, 4) is 6.07 Å². The first-order valence-electron chi connectivity index (χ1n) is 9.10. The molecule has 0 heterocycles. The quantitative estimate of drug-likeness (QED) is 0.468. The summed E-state index contributed by atoms with van der Waals surface area (Å²) in [6.45, 7) is -0.728. The van der Waals surface area contributed by atoms with Gasteiger partial charge in [0.1, 0.15) is 18.7 Å². The number of carbonyl (C=O) groups is 3. The molecule has 0 unspecified atom stereocenters. The first kappa shape index (κ1) is 22.4. The first-order valence-corrected chi connectivity index (χ1v) is 9.10. The number of alkyl carbamates (subject to hydrolysis) is 1. The highest BCUT2D eigenvalue weighted by atomic mass is 16.5. The van der Waals surface area contributed by atoms with E-state index in [1.54, 1.807) is 48.5 Å². The van der Waals surface area contributed by atoms with Crippen molar-refractivity contribution in [2.24, 2.45) is 5.73 Å². The van der Waals surface area contributed by atoms with E-state index in [0.717, 1.165) is 5.56 Å². The number of aliphatic hydroxyl groups is 1. The summed E-state index contributed by atoms with van der Waals surface area (Å²) >= 11 is 0. The van der Waals surface area contributed by atoms with Crippen LogP contribution in [0.15, 0.2) is 54.6 Å². The molecule has 0 aromatic heterocycles. The number of ether oxygens (including phenoxy) is 1. The maximum absolute atomic E-state index is 12.4. The first-order chi connectivity index (χ1) is 14.4. The number of hydrogen-bond acceptors (Lipinski definition) is 6. The molecule has 2 aromatic carbocycles.